The first-order valence-electron chi connectivity index (χ1n) is 10.3. The van der Waals surface area contributed by atoms with Gasteiger partial charge in [-0.15, -0.1) is 11.3 Å². The molecule has 0 bridgehead atoms. The lowest BCUT2D eigenvalue weighted by molar-refractivity contribution is -0.120. The second-order valence-corrected chi connectivity index (χ2v) is 10.8. The number of hydrogen-bond acceptors (Lipinski definition) is 5. The van der Waals surface area contributed by atoms with Gasteiger partial charge < -0.3 is 5.32 Å². The summed E-state index contributed by atoms with van der Waals surface area (Å²) < 4.78 is 28.7. The minimum Gasteiger partial charge on any atom is -0.325 e. The summed E-state index contributed by atoms with van der Waals surface area (Å²) in [4.78, 5) is 18.7. The minimum absolute atomic E-state index is 0.0459. The summed E-state index contributed by atoms with van der Waals surface area (Å²) in [6, 6.07) is 14.3. The van der Waals surface area contributed by atoms with Gasteiger partial charge in [0, 0.05) is 35.6 Å². The summed E-state index contributed by atoms with van der Waals surface area (Å²) in [6.45, 7) is 1.81. The van der Waals surface area contributed by atoms with Crippen LogP contribution in [-0.4, -0.2) is 39.8 Å². The summed E-state index contributed by atoms with van der Waals surface area (Å²) >= 11 is 1.57. The van der Waals surface area contributed by atoms with Gasteiger partial charge in [0.2, 0.25) is 15.9 Å². The van der Waals surface area contributed by atoms with E-state index in [9.17, 15) is 13.2 Å². The van der Waals surface area contributed by atoms with Crippen LogP contribution < -0.4 is 5.32 Å². The van der Waals surface area contributed by atoms with E-state index in [0.29, 0.717) is 12.1 Å². The van der Waals surface area contributed by atoms with E-state index in [1.165, 1.54) is 4.31 Å². The second-order valence-electron chi connectivity index (χ2n) is 7.72. The van der Waals surface area contributed by atoms with E-state index in [2.05, 4.69) is 10.3 Å². The fourth-order valence-corrected chi connectivity index (χ4v) is 5.92. The molecular formula is C23H22N4O3S2. The van der Waals surface area contributed by atoms with Crippen LogP contribution >= 0.6 is 11.3 Å². The fourth-order valence-electron chi connectivity index (χ4n) is 4.00. The highest BCUT2D eigenvalue weighted by Crippen LogP contribution is 2.28. The zero-order valence-electron chi connectivity index (χ0n) is 17.4. The summed E-state index contributed by atoms with van der Waals surface area (Å²) in [7, 11) is -3.54. The normalized spacial score (nSPS) is 16.7. The van der Waals surface area contributed by atoms with Crippen LogP contribution in [0.1, 0.15) is 18.1 Å². The van der Waals surface area contributed by atoms with Gasteiger partial charge in [0.25, 0.3) is 0 Å². The molecular weight excluding hydrogens is 444 g/mol. The largest absolute Gasteiger partial charge is 0.325 e. The van der Waals surface area contributed by atoms with E-state index >= 15 is 0 Å². The minimum atomic E-state index is -3.54. The van der Waals surface area contributed by atoms with Crippen molar-refractivity contribution in [1.29, 1.82) is 0 Å². The number of anilines is 1. The predicted octanol–water partition coefficient (Wildman–Crippen LogP) is 3.78. The number of carbonyl (C=O) groups excluding carboxylic acids is 1. The molecule has 0 fully saturated rings. The van der Waals surface area contributed by atoms with E-state index in [1.54, 1.807) is 18.3 Å². The standard InChI is InChI=1S/C23H22N4O3S2/c1-2-32(29,30)27-14-18-6-4-3-5-17(18)13-21(27)22(28)24-19-9-7-16(8-10-19)20-15-26-11-12-31-23(26)25-20/h3-12,15,21H,2,13-14H2,1H3,(H,24,28). The highest BCUT2D eigenvalue weighted by Gasteiger charge is 2.37. The molecule has 1 amide bonds. The van der Waals surface area contributed by atoms with Crippen molar-refractivity contribution >= 4 is 37.9 Å². The number of amides is 1. The molecule has 164 valence electrons. The molecule has 1 N–H and O–H groups in total. The third-order valence-corrected chi connectivity index (χ3v) is 8.37. The molecule has 4 aromatic rings. The van der Waals surface area contributed by atoms with Gasteiger partial charge in [0.15, 0.2) is 4.96 Å². The number of thiazole rings is 1. The molecule has 2 aromatic carbocycles. The molecule has 0 saturated carbocycles. The second kappa shape index (κ2) is 8.16. The zero-order valence-corrected chi connectivity index (χ0v) is 19.1. The maximum atomic E-state index is 13.2. The van der Waals surface area contributed by atoms with Crippen molar-refractivity contribution in [3.05, 3.63) is 77.4 Å². The van der Waals surface area contributed by atoms with Crippen molar-refractivity contribution in [3.8, 4) is 11.3 Å². The van der Waals surface area contributed by atoms with E-state index in [4.69, 9.17) is 0 Å². The summed E-state index contributed by atoms with van der Waals surface area (Å²) in [5, 5.41) is 4.88. The van der Waals surface area contributed by atoms with Gasteiger partial charge in [-0.3, -0.25) is 9.20 Å². The Bertz CT molecular complexity index is 1360. The van der Waals surface area contributed by atoms with Crippen molar-refractivity contribution in [3.63, 3.8) is 0 Å². The SMILES string of the molecule is CCS(=O)(=O)N1Cc2ccccc2CC1C(=O)Nc1ccc(-c2cn3ccsc3n2)cc1. The number of nitrogens with zero attached hydrogens (tertiary/aromatic N) is 3. The number of nitrogens with one attached hydrogen (secondary N) is 1. The van der Waals surface area contributed by atoms with E-state index in [0.717, 1.165) is 27.3 Å². The summed E-state index contributed by atoms with van der Waals surface area (Å²) in [5.41, 5.74) is 4.37. The van der Waals surface area contributed by atoms with Crippen molar-refractivity contribution in [2.24, 2.45) is 0 Å². The molecule has 3 heterocycles. The lowest BCUT2D eigenvalue weighted by Gasteiger charge is -2.34. The van der Waals surface area contributed by atoms with Gasteiger partial charge in [0.1, 0.15) is 6.04 Å². The van der Waals surface area contributed by atoms with Gasteiger partial charge in [-0.2, -0.15) is 4.31 Å². The Kier molecular flexibility index (Phi) is 5.32. The van der Waals surface area contributed by atoms with Gasteiger partial charge in [-0.05, 0) is 36.6 Å². The van der Waals surface area contributed by atoms with E-state index < -0.39 is 16.1 Å². The van der Waals surface area contributed by atoms with Gasteiger partial charge in [-0.1, -0.05) is 36.4 Å². The number of rotatable bonds is 5. The van der Waals surface area contributed by atoms with Gasteiger partial charge in [0.05, 0.1) is 11.4 Å². The highest BCUT2D eigenvalue weighted by molar-refractivity contribution is 7.89. The zero-order chi connectivity index (χ0) is 22.3. The molecule has 1 atom stereocenters. The van der Waals surface area contributed by atoms with E-state index in [-0.39, 0.29) is 18.2 Å². The van der Waals surface area contributed by atoms with Crippen molar-refractivity contribution in [1.82, 2.24) is 13.7 Å². The molecule has 0 aliphatic carbocycles. The van der Waals surface area contributed by atoms with Crippen LogP contribution in [0.4, 0.5) is 5.69 Å². The molecule has 2 aromatic heterocycles. The van der Waals surface area contributed by atoms with Crippen LogP contribution in [0, 0.1) is 0 Å². The monoisotopic (exact) mass is 466 g/mol. The quantitative estimate of drug-likeness (QED) is 0.485. The van der Waals surface area contributed by atoms with Crippen LogP contribution in [0.3, 0.4) is 0 Å². The highest BCUT2D eigenvalue weighted by atomic mass is 32.2. The molecule has 0 spiro atoms. The molecule has 1 aliphatic rings. The first-order valence-corrected chi connectivity index (χ1v) is 12.8. The van der Waals surface area contributed by atoms with Crippen LogP contribution in [0.25, 0.3) is 16.2 Å². The van der Waals surface area contributed by atoms with Crippen molar-refractivity contribution in [2.75, 3.05) is 11.1 Å². The number of carbonyl (C=O) groups is 1. The maximum absolute atomic E-state index is 13.2. The van der Waals surface area contributed by atoms with Crippen LogP contribution in [0.5, 0.6) is 0 Å². The molecule has 1 aliphatic heterocycles. The Hall–Kier alpha value is -3.01. The fraction of sp³-hybridized carbons (Fsp3) is 0.217. The lowest BCUT2D eigenvalue weighted by Crippen LogP contribution is -2.51. The van der Waals surface area contributed by atoms with Gasteiger partial charge in [-0.25, -0.2) is 13.4 Å². The third-order valence-electron chi connectivity index (χ3n) is 5.77. The van der Waals surface area contributed by atoms with E-state index in [1.807, 2.05) is 70.7 Å². The topological polar surface area (TPSA) is 83.8 Å². The molecule has 32 heavy (non-hydrogen) atoms. The van der Waals surface area contributed by atoms with Crippen LogP contribution in [0.15, 0.2) is 66.3 Å². The lowest BCUT2D eigenvalue weighted by atomic mass is 9.95. The Morgan fingerprint density at radius 2 is 1.91 bits per heavy atom. The third kappa shape index (κ3) is 3.83. The number of imidazole rings is 1. The Labute approximate surface area is 190 Å². The first-order chi connectivity index (χ1) is 15.4. The average Bonchev–Trinajstić information content (AvgIpc) is 3.41. The number of fused-ring (bicyclic) bond motifs is 2. The Balaban J connectivity index is 1.37. The molecule has 0 saturated heterocycles. The summed E-state index contributed by atoms with van der Waals surface area (Å²) in [6.07, 6.45) is 4.28. The molecule has 5 rings (SSSR count). The number of aromatic nitrogens is 2. The number of benzene rings is 2. The average molecular weight is 467 g/mol. The van der Waals surface area contributed by atoms with Crippen LogP contribution in [0.2, 0.25) is 0 Å². The Morgan fingerprint density at radius 1 is 1.16 bits per heavy atom. The first kappa shape index (κ1) is 20.9. The smallest absolute Gasteiger partial charge is 0.243 e. The molecule has 9 heteroatoms. The summed E-state index contributed by atoms with van der Waals surface area (Å²) in [5.74, 6) is -0.373. The van der Waals surface area contributed by atoms with Crippen LogP contribution in [-0.2, 0) is 27.8 Å². The molecule has 7 nitrogen and oxygen atoms in total. The van der Waals surface area contributed by atoms with Crippen molar-refractivity contribution in [2.45, 2.75) is 25.9 Å². The van der Waals surface area contributed by atoms with Gasteiger partial charge >= 0.3 is 0 Å². The Morgan fingerprint density at radius 3 is 2.62 bits per heavy atom. The maximum Gasteiger partial charge on any atom is 0.243 e. The molecule has 0 radical (unpaired) electrons. The number of sulfonamides is 1. The van der Waals surface area contributed by atoms with Crippen molar-refractivity contribution < 1.29 is 13.2 Å². The number of hydrogen-bond donors (Lipinski definition) is 1. The molecule has 1 unspecified atom stereocenters. The predicted molar refractivity (Wildman–Crippen MR) is 126 cm³/mol.